The summed E-state index contributed by atoms with van der Waals surface area (Å²) in [5.74, 6) is 0.341. The largest absolute Gasteiger partial charge is 0.326 e. The van der Waals surface area contributed by atoms with Gasteiger partial charge in [-0.25, -0.2) is 4.68 Å². The maximum Gasteiger partial charge on any atom is 0.252 e. The summed E-state index contributed by atoms with van der Waals surface area (Å²) in [7, 11) is 0. The molecule has 21 heavy (non-hydrogen) atoms. The molecule has 0 bridgehead atoms. The average molecular weight is 306 g/mol. The second-order valence-corrected chi connectivity index (χ2v) is 5.13. The summed E-state index contributed by atoms with van der Waals surface area (Å²) in [6.45, 7) is 1.72. The maximum atomic E-state index is 12.0. The lowest BCUT2D eigenvalue weighted by molar-refractivity contribution is -0.123. The highest BCUT2D eigenvalue weighted by atomic mass is 35.5. The number of amides is 2. The fraction of sp³-hybridized carbons (Fsp3) is 0.231. The van der Waals surface area contributed by atoms with Crippen LogP contribution in [0.5, 0.6) is 0 Å². The summed E-state index contributed by atoms with van der Waals surface area (Å²) in [6.07, 6.45) is -0.0197. The highest BCUT2D eigenvalue weighted by molar-refractivity contribution is 6.30. The number of nitrogens with zero attached hydrogens (tertiary/aromatic N) is 3. The minimum atomic E-state index is -0.680. The van der Waals surface area contributed by atoms with E-state index in [9.17, 15) is 9.59 Å². The zero-order chi connectivity index (χ0) is 15.0. The summed E-state index contributed by atoms with van der Waals surface area (Å²) >= 11 is 5.85. The second-order valence-electron chi connectivity index (χ2n) is 4.69. The van der Waals surface area contributed by atoms with E-state index in [4.69, 9.17) is 11.6 Å². The average Bonchev–Trinajstić information content (AvgIpc) is 2.87. The number of rotatable bonds is 3. The molecule has 0 spiro atoms. The molecule has 2 amide bonds. The van der Waals surface area contributed by atoms with E-state index in [1.165, 1.54) is 4.68 Å². The van der Waals surface area contributed by atoms with E-state index < -0.39 is 6.04 Å². The SMILES string of the molecule is Cc1nc2n(n1)[C@@H](CC(=O)Nc1cccc(Cl)c1)C(=O)N2. The molecule has 3 rings (SSSR count). The van der Waals surface area contributed by atoms with Crippen molar-refractivity contribution in [1.82, 2.24) is 14.8 Å². The first-order chi connectivity index (χ1) is 10.0. The number of anilines is 2. The fourth-order valence-corrected chi connectivity index (χ4v) is 2.36. The third kappa shape index (κ3) is 2.73. The molecule has 7 nitrogen and oxygen atoms in total. The molecule has 1 aliphatic rings. The van der Waals surface area contributed by atoms with Crippen LogP contribution in [0.15, 0.2) is 24.3 Å². The Morgan fingerprint density at radius 1 is 1.52 bits per heavy atom. The summed E-state index contributed by atoms with van der Waals surface area (Å²) in [4.78, 5) is 27.9. The molecular weight excluding hydrogens is 294 g/mol. The van der Waals surface area contributed by atoms with Crippen LogP contribution in [0.3, 0.4) is 0 Å². The predicted octanol–water partition coefficient (Wildman–Crippen LogP) is 1.76. The number of carbonyl (C=O) groups is 2. The van der Waals surface area contributed by atoms with Crippen molar-refractivity contribution in [3.63, 3.8) is 0 Å². The van der Waals surface area contributed by atoms with Crippen LogP contribution in [0.2, 0.25) is 5.02 Å². The van der Waals surface area contributed by atoms with Gasteiger partial charge >= 0.3 is 0 Å². The molecule has 0 fully saturated rings. The van der Waals surface area contributed by atoms with Crippen LogP contribution in [0.1, 0.15) is 18.3 Å². The number of nitrogens with one attached hydrogen (secondary N) is 2. The molecule has 1 aliphatic heterocycles. The molecule has 2 heterocycles. The van der Waals surface area contributed by atoms with Crippen molar-refractivity contribution >= 4 is 35.1 Å². The van der Waals surface area contributed by atoms with Crippen molar-refractivity contribution < 1.29 is 9.59 Å². The topological polar surface area (TPSA) is 88.9 Å². The van der Waals surface area contributed by atoms with E-state index >= 15 is 0 Å². The molecule has 108 valence electrons. The molecule has 1 aromatic carbocycles. The monoisotopic (exact) mass is 305 g/mol. The Bertz CT molecular complexity index is 727. The molecule has 0 unspecified atom stereocenters. The van der Waals surface area contributed by atoms with E-state index in [2.05, 4.69) is 20.7 Å². The molecule has 1 atom stereocenters. The Labute approximate surface area is 125 Å². The zero-order valence-corrected chi connectivity index (χ0v) is 11.9. The van der Waals surface area contributed by atoms with Gasteiger partial charge in [-0.05, 0) is 25.1 Å². The number of benzene rings is 1. The van der Waals surface area contributed by atoms with E-state index in [1.54, 1.807) is 31.2 Å². The van der Waals surface area contributed by atoms with Crippen molar-refractivity contribution in [3.8, 4) is 0 Å². The van der Waals surface area contributed by atoms with Crippen LogP contribution in [-0.2, 0) is 9.59 Å². The third-order valence-corrected chi connectivity index (χ3v) is 3.29. The standard InChI is InChI=1S/C13H12ClN5O2/c1-7-15-13-17-12(21)10(19(13)18-7)6-11(20)16-9-4-2-3-8(14)5-9/h2-5,10H,6H2,1H3,(H,16,20)(H,15,17,18,21)/t10-/m0/s1. The summed E-state index contributed by atoms with van der Waals surface area (Å²) < 4.78 is 1.44. The molecule has 0 saturated heterocycles. The van der Waals surface area contributed by atoms with Gasteiger partial charge in [0, 0.05) is 10.7 Å². The van der Waals surface area contributed by atoms with E-state index in [0.29, 0.717) is 22.5 Å². The fourth-order valence-electron chi connectivity index (χ4n) is 2.17. The van der Waals surface area contributed by atoms with Gasteiger partial charge in [-0.15, -0.1) is 0 Å². The van der Waals surface area contributed by atoms with Crippen LogP contribution in [-0.4, -0.2) is 26.6 Å². The van der Waals surface area contributed by atoms with Crippen LogP contribution >= 0.6 is 11.6 Å². The minimum absolute atomic E-state index is 0.0197. The Morgan fingerprint density at radius 3 is 3.10 bits per heavy atom. The molecule has 8 heteroatoms. The predicted molar refractivity (Wildman–Crippen MR) is 77.1 cm³/mol. The van der Waals surface area contributed by atoms with Crippen LogP contribution < -0.4 is 10.6 Å². The molecule has 0 saturated carbocycles. The lowest BCUT2D eigenvalue weighted by atomic mass is 10.2. The molecule has 2 aromatic rings. The van der Waals surface area contributed by atoms with Gasteiger partial charge < -0.3 is 5.32 Å². The Morgan fingerprint density at radius 2 is 2.33 bits per heavy atom. The quantitative estimate of drug-likeness (QED) is 0.904. The van der Waals surface area contributed by atoms with E-state index in [1.807, 2.05) is 0 Å². The van der Waals surface area contributed by atoms with Gasteiger partial charge in [0.05, 0.1) is 6.42 Å². The van der Waals surface area contributed by atoms with Crippen LogP contribution in [0.4, 0.5) is 11.6 Å². The van der Waals surface area contributed by atoms with Gasteiger partial charge in [0.25, 0.3) is 5.91 Å². The third-order valence-electron chi connectivity index (χ3n) is 3.06. The molecule has 0 radical (unpaired) electrons. The first-order valence-electron chi connectivity index (χ1n) is 6.32. The molecular formula is C13H12ClN5O2. The number of aromatic nitrogens is 3. The maximum absolute atomic E-state index is 12.0. The number of carbonyl (C=O) groups excluding carboxylic acids is 2. The highest BCUT2D eigenvalue weighted by Crippen LogP contribution is 2.25. The van der Waals surface area contributed by atoms with Crippen molar-refractivity contribution in [3.05, 3.63) is 35.1 Å². The molecule has 2 N–H and O–H groups in total. The number of halogens is 1. The van der Waals surface area contributed by atoms with E-state index in [0.717, 1.165) is 0 Å². The van der Waals surface area contributed by atoms with E-state index in [-0.39, 0.29) is 18.2 Å². The van der Waals surface area contributed by atoms with Crippen molar-refractivity contribution in [1.29, 1.82) is 0 Å². The number of hydrogen-bond acceptors (Lipinski definition) is 4. The van der Waals surface area contributed by atoms with Crippen molar-refractivity contribution in [2.45, 2.75) is 19.4 Å². The number of aryl methyl sites for hydroxylation is 1. The Hall–Kier alpha value is -2.41. The van der Waals surface area contributed by atoms with Crippen LogP contribution in [0.25, 0.3) is 0 Å². The van der Waals surface area contributed by atoms with Crippen LogP contribution in [0, 0.1) is 6.92 Å². The highest BCUT2D eigenvalue weighted by Gasteiger charge is 2.34. The summed E-state index contributed by atoms with van der Waals surface area (Å²) in [5.41, 5.74) is 0.584. The number of hydrogen-bond donors (Lipinski definition) is 2. The number of fused-ring (bicyclic) bond motifs is 1. The summed E-state index contributed by atoms with van der Waals surface area (Å²) in [6, 6.07) is 6.13. The Balaban J connectivity index is 1.71. The molecule has 0 aliphatic carbocycles. The van der Waals surface area contributed by atoms with Crippen molar-refractivity contribution in [2.24, 2.45) is 0 Å². The lowest BCUT2D eigenvalue weighted by Gasteiger charge is -2.09. The van der Waals surface area contributed by atoms with Gasteiger partial charge in [0.1, 0.15) is 11.9 Å². The van der Waals surface area contributed by atoms with Gasteiger partial charge in [-0.1, -0.05) is 17.7 Å². The Kier molecular flexibility index (Phi) is 3.34. The van der Waals surface area contributed by atoms with Gasteiger partial charge in [-0.3, -0.25) is 14.9 Å². The van der Waals surface area contributed by atoms with Gasteiger partial charge in [0.2, 0.25) is 11.9 Å². The molecule has 1 aromatic heterocycles. The zero-order valence-electron chi connectivity index (χ0n) is 11.1. The van der Waals surface area contributed by atoms with Gasteiger partial charge in [-0.2, -0.15) is 10.1 Å². The normalized spacial score (nSPS) is 16.5. The van der Waals surface area contributed by atoms with Crippen molar-refractivity contribution in [2.75, 3.05) is 10.6 Å². The smallest absolute Gasteiger partial charge is 0.252 e. The van der Waals surface area contributed by atoms with Gasteiger partial charge in [0.15, 0.2) is 0 Å². The summed E-state index contributed by atoms with van der Waals surface area (Å²) in [5, 5.41) is 9.95. The second kappa shape index (κ2) is 5.17. The first kappa shape index (κ1) is 13.6. The minimum Gasteiger partial charge on any atom is -0.326 e. The first-order valence-corrected chi connectivity index (χ1v) is 6.70. The lowest BCUT2D eigenvalue weighted by Crippen LogP contribution is -2.23.